The van der Waals surface area contributed by atoms with Crippen molar-refractivity contribution in [2.75, 3.05) is 23.4 Å². The number of nitrogens with one attached hydrogen (secondary N) is 1. The van der Waals surface area contributed by atoms with Crippen molar-refractivity contribution >= 4 is 33.4 Å². The highest BCUT2D eigenvalue weighted by Crippen LogP contribution is 2.36. The van der Waals surface area contributed by atoms with Crippen LogP contribution in [0, 0.1) is 12.3 Å². The van der Waals surface area contributed by atoms with E-state index in [0.717, 1.165) is 6.07 Å². The number of anilines is 1. The molecule has 0 heterocycles. The van der Waals surface area contributed by atoms with Crippen LogP contribution in [0.15, 0.2) is 22.7 Å². The maximum atomic E-state index is 12.7. The van der Waals surface area contributed by atoms with Crippen LogP contribution < -0.4 is 5.32 Å². The molecular formula is C12H11BrF3NS. The van der Waals surface area contributed by atoms with Gasteiger partial charge in [-0.25, -0.2) is 0 Å². The van der Waals surface area contributed by atoms with Gasteiger partial charge in [0.15, 0.2) is 0 Å². The summed E-state index contributed by atoms with van der Waals surface area (Å²) < 4.78 is 38.8. The molecule has 0 saturated heterocycles. The minimum absolute atomic E-state index is 0.0817. The lowest BCUT2D eigenvalue weighted by atomic mass is 10.1. The lowest BCUT2D eigenvalue weighted by Gasteiger charge is -2.14. The minimum atomic E-state index is -4.35. The average molecular weight is 338 g/mol. The van der Waals surface area contributed by atoms with Gasteiger partial charge >= 0.3 is 6.18 Å². The summed E-state index contributed by atoms with van der Waals surface area (Å²) >= 11 is 4.66. The van der Waals surface area contributed by atoms with Crippen LogP contribution >= 0.6 is 27.7 Å². The van der Waals surface area contributed by atoms with Crippen molar-refractivity contribution in [2.24, 2.45) is 0 Å². The number of terminal acetylenes is 1. The molecule has 0 amide bonds. The van der Waals surface area contributed by atoms with Gasteiger partial charge in [0.05, 0.1) is 11.3 Å². The Labute approximate surface area is 117 Å². The maximum absolute atomic E-state index is 12.7. The Balaban J connectivity index is 2.69. The van der Waals surface area contributed by atoms with E-state index in [9.17, 15) is 13.2 Å². The Bertz CT molecular complexity index is 440. The van der Waals surface area contributed by atoms with E-state index in [4.69, 9.17) is 6.42 Å². The van der Waals surface area contributed by atoms with Gasteiger partial charge < -0.3 is 5.32 Å². The molecule has 0 spiro atoms. The van der Waals surface area contributed by atoms with Gasteiger partial charge in [-0.3, -0.25) is 0 Å². The van der Waals surface area contributed by atoms with Crippen molar-refractivity contribution in [2.45, 2.75) is 6.18 Å². The van der Waals surface area contributed by atoms with Gasteiger partial charge in [0.25, 0.3) is 0 Å². The van der Waals surface area contributed by atoms with E-state index in [-0.39, 0.29) is 5.69 Å². The molecule has 0 saturated carbocycles. The summed E-state index contributed by atoms with van der Waals surface area (Å²) in [6.45, 7) is 0.436. The molecule has 0 fully saturated rings. The molecule has 1 rings (SSSR count). The third kappa shape index (κ3) is 4.83. The second-order valence-corrected chi connectivity index (χ2v) is 5.39. The van der Waals surface area contributed by atoms with Crippen molar-refractivity contribution in [3.05, 3.63) is 28.2 Å². The number of alkyl halides is 3. The topological polar surface area (TPSA) is 12.0 Å². The monoisotopic (exact) mass is 337 g/mol. The lowest BCUT2D eigenvalue weighted by Crippen LogP contribution is -2.12. The molecule has 6 heteroatoms. The summed E-state index contributed by atoms with van der Waals surface area (Å²) in [5.41, 5.74) is -0.578. The summed E-state index contributed by atoms with van der Waals surface area (Å²) in [4.78, 5) is 0. The van der Waals surface area contributed by atoms with E-state index < -0.39 is 11.7 Å². The van der Waals surface area contributed by atoms with Crippen LogP contribution in [-0.4, -0.2) is 18.1 Å². The highest BCUT2D eigenvalue weighted by Gasteiger charge is 2.33. The van der Waals surface area contributed by atoms with E-state index in [1.54, 1.807) is 0 Å². The van der Waals surface area contributed by atoms with E-state index in [1.807, 2.05) is 0 Å². The van der Waals surface area contributed by atoms with Crippen LogP contribution in [0.25, 0.3) is 0 Å². The summed E-state index contributed by atoms with van der Waals surface area (Å²) in [5, 5.41) is 2.78. The molecule has 0 aliphatic heterocycles. The smallest absolute Gasteiger partial charge is 0.384 e. The van der Waals surface area contributed by atoms with Crippen LogP contribution in [0.5, 0.6) is 0 Å². The van der Waals surface area contributed by atoms with Crippen molar-refractivity contribution in [1.82, 2.24) is 0 Å². The van der Waals surface area contributed by atoms with Crippen molar-refractivity contribution < 1.29 is 13.2 Å². The Kier molecular flexibility index (Phi) is 5.89. The van der Waals surface area contributed by atoms with Crippen molar-refractivity contribution in [3.63, 3.8) is 0 Å². The highest BCUT2D eigenvalue weighted by molar-refractivity contribution is 9.10. The van der Waals surface area contributed by atoms with Gasteiger partial charge in [-0.1, -0.05) is 21.9 Å². The first-order valence-electron chi connectivity index (χ1n) is 5.07. The molecule has 0 unspecified atom stereocenters. The Morgan fingerprint density at radius 2 is 2.11 bits per heavy atom. The average Bonchev–Trinajstić information content (AvgIpc) is 2.27. The summed E-state index contributed by atoms with van der Waals surface area (Å²) in [6.07, 6.45) is 0.725. The van der Waals surface area contributed by atoms with Gasteiger partial charge in [-0.15, -0.1) is 18.2 Å². The third-order valence-corrected chi connectivity index (χ3v) is 3.39. The van der Waals surface area contributed by atoms with Gasteiger partial charge in [0.1, 0.15) is 0 Å². The second-order valence-electron chi connectivity index (χ2n) is 3.37. The van der Waals surface area contributed by atoms with Crippen molar-refractivity contribution in [3.8, 4) is 12.3 Å². The molecule has 1 nitrogen and oxygen atoms in total. The molecular weight excluding hydrogens is 327 g/mol. The zero-order valence-corrected chi connectivity index (χ0v) is 11.8. The van der Waals surface area contributed by atoms with Gasteiger partial charge in [-0.05, 0) is 18.2 Å². The molecule has 0 radical (unpaired) electrons. The largest absolute Gasteiger partial charge is 0.418 e. The zero-order chi connectivity index (χ0) is 13.6. The number of hydrogen-bond donors (Lipinski definition) is 1. The van der Waals surface area contributed by atoms with E-state index >= 15 is 0 Å². The predicted molar refractivity (Wildman–Crippen MR) is 73.8 cm³/mol. The fourth-order valence-electron chi connectivity index (χ4n) is 1.30. The van der Waals surface area contributed by atoms with Crippen LogP contribution in [-0.2, 0) is 6.18 Å². The quantitative estimate of drug-likeness (QED) is 0.636. The fraction of sp³-hybridized carbons (Fsp3) is 0.333. The Morgan fingerprint density at radius 1 is 1.39 bits per heavy atom. The molecule has 1 aromatic carbocycles. The SMILES string of the molecule is C#CCSCCNc1cc(Br)ccc1C(F)(F)F. The molecule has 0 atom stereocenters. The lowest BCUT2D eigenvalue weighted by molar-refractivity contribution is -0.136. The molecule has 1 aromatic rings. The molecule has 98 valence electrons. The molecule has 0 aromatic heterocycles. The number of halogens is 4. The minimum Gasteiger partial charge on any atom is -0.384 e. The number of rotatable bonds is 5. The second kappa shape index (κ2) is 6.95. The van der Waals surface area contributed by atoms with E-state index in [1.165, 1.54) is 23.9 Å². The predicted octanol–water partition coefficient (Wildman–Crippen LogP) is 4.25. The van der Waals surface area contributed by atoms with E-state index in [2.05, 4.69) is 27.2 Å². The molecule has 0 aliphatic carbocycles. The van der Waals surface area contributed by atoms with Crippen LogP contribution in [0.3, 0.4) is 0 Å². The standard InChI is InChI=1S/C12H11BrF3NS/c1-2-6-18-7-5-17-11-8-9(13)3-4-10(11)12(14,15)16/h1,3-4,8,17H,5-7H2. The third-order valence-electron chi connectivity index (χ3n) is 2.03. The van der Waals surface area contributed by atoms with Gasteiger partial charge in [0, 0.05) is 22.5 Å². The Morgan fingerprint density at radius 3 is 2.72 bits per heavy atom. The van der Waals surface area contributed by atoms with E-state index in [0.29, 0.717) is 22.5 Å². The van der Waals surface area contributed by atoms with Crippen molar-refractivity contribution in [1.29, 1.82) is 0 Å². The van der Waals surface area contributed by atoms with Gasteiger partial charge in [-0.2, -0.15) is 13.2 Å². The van der Waals surface area contributed by atoms with Gasteiger partial charge in [0.2, 0.25) is 0 Å². The number of hydrogen-bond acceptors (Lipinski definition) is 2. The summed E-state index contributed by atoms with van der Waals surface area (Å²) in [6, 6.07) is 3.86. The summed E-state index contributed by atoms with van der Waals surface area (Å²) in [5.74, 6) is 3.68. The molecule has 18 heavy (non-hydrogen) atoms. The Hall–Kier alpha value is -0.800. The zero-order valence-electron chi connectivity index (χ0n) is 9.35. The first-order valence-corrected chi connectivity index (χ1v) is 7.01. The summed E-state index contributed by atoms with van der Waals surface area (Å²) in [7, 11) is 0. The molecule has 1 N–H and O–H groups in total. The number of benzene rings is 1. The van der Waals surface area contributed by atoms with Crippen LogP contribution in [0.2, 0.25) is 0 Å². The highest BCUT2D eigenvalue weighted by atomic mass is 79.9. The first kappa shape index (κ1) is 15.3. The number of thioether (sulfide) groups is 1. The van der Waals surface area contributed by atoms with Crippen LogP contribution in [0.4, 0.5) is 18.9 Å². The van der Waals surface area contributed by atoms with Crippen LogP contribution in [0.1, 0.15) is 5.56 Å². The first-order chi connectivity index (χ1) is 8.45. The maximum Gasteiger partial charge on any atom is 0.418 e. The fourth-order valence-corrected chi connectivity index (χ4v) is 2.17. The normalized spacial score (nSPS) is 11.1. The molecule has 0 aliphatic rings. The molecule has 0 bridgehead atoms.